The summed E-state index contributed by atoms with van der Waals surface area (Å²) in [6.45, 7) is 0. The Morgan fingerprint density at radius 3 is 2.78 bits per heavy atom. The first-order valence-electron chi connectivity index (χ1n) is 5.28. The molecule has 3 nitrogen and oxygen atoms in total. The van der Waals surface area contributed by atoms with E-state index < -0.39 is 11.8 Å². The number of carboxylic acids is 1. The quantitative estimate of drug-likeness (QED) is 0.899. The van der Waals surface area contributed by atoms with E-state index >= 15 is 0 Å². The Bertz CT molecular complexity index is 537. The second-order valence-electron chi connectivity index (χ2n) is 3.68. The van der Waals surface area contributed by atoms with Gasteiger partial charge in [0.15, 0.2) is 0 Å². The van der Waals surface area contributed by atoms with Crippen molar-refractivity contribution in [1.29, 1.82) is 0 Å². The van der Waals surface area contributed by atoms with Gasteiger partial charge in [-0.1, -0.05) is 6.07 Å². The zero-order chi connectivity index (χ0) is 13.0. The molecule has 1 aromatic carbocycles. The van der Waals surface area contributed by atoms with Gasteiger partial charge in [-0.2, -0.15) is 0 Å². The van der Waals surface area contributed by atoms with Crippen LogP contribution in [0.2, 0.25) is 0 Å². The summed E-state index contributed by atoms with van der Waals surface area (Å²) in [7, 11) is 0. The van der Waals surface area contributed by atoms with Crippen LogP contribution in [0.3, 0.4) is 0 Å². The number of hydrogen-bond donors (Lipinski definition) is 1. The second-order valence-corrected chi connectivity index (χ2v) is 4.67. The van der Waals surface area contributed by atoms with Crippen molar-refractivity contribution in [3.05, 3.63) is 59.3 Å². The van der Waals surface area contributed by atoms with Crippen LogP contribution >= 0.6 is 11.8 Å². The molecule has 1 heterocycles. The minimum Gasteiger partial charge on any atom is -0.478 e. The topological polar surface area (TPSA) is 50.4 Å². The fourth-order valence-corrected chi connectivity index (χ4v) is 2.38. The molecule has 1 N–H and O–H groups in total. The number of furan rings is 1. The monoisotopic (exact) mass is 266 g/mol. The summed E-state index contributed by atoms with van der Waals surface area (Å²) in [5.74, 6) is 0.368. The molecule has 94 valence electrons. The zero-order valence-corrected chi connectivity index (χ0v) is 10.2. The lowest BCUT2D eigenvalue weighted by Crippen LogP contribution is -1.98. The van der Waals surface area contributed by atoms with Crippen molar-refractivity contribution < 1.29 is 18.7 Å². The van der Waals surface area contributed by atoms with Gasteiger partial charge >= 0.3 is 5.97 Å². The average molecular weight is 266 g/mol. The first-order chi connectivity index (χ1) is 8.66. The smallest absolute Gasteiger partial charge is 0.335 e. The molecule has 18 heavy (non-hydrogen) atoms. The van der Waals surface area contributed by atoms with Gasteiger partial charge in [-0.05, 0) is 29.8 Å². The Labute approximate surface area is 108 Å². The predicted molar refractivity (Wildman–Crippen MR) is 67.1 cm³/mol. The first-order valence-corrected chi connectivity index (χ1v) is 6.44. The Morgan fingerprint density at radius 1 is 1.33 bits per heavy atom. The molecule has 2 rings (SSSR count). The molecule has 0 bridgehead atoms. The number of carbonyl (C=O) groups is 1. The molecule has 2 aromatic rings. The highest BCUT2D eigenvalue weighted by atomic mass is 32.2. The van der Waals surface area contributed by atoms with E-state index in [2.05, 4.69) is 0 Å². The molecule has 0 aliphatic carbocycles. The van der Waals surface area contributed by atoms with E-state index in [9.17, 15) is 9.18 Å². The summed E-state index contributed by atoms with van der Waals surface area (Å²) in [6, 6.07) is 7.63. The zero-order valence-electron chi connectivity index (χ0n) is 9.43. The third-order valence-corrected chi connectivity index (χ3v) is 3.39. The maximum Gasteiger partial charge on any atom is 0.335 e. The van der Waals surface area contributed by atoms with Crippen molar-refractivity contribution in [2.24, 2.45) is 0 Å². The maximum atomic E-state index is 13.6. The van der Waals surface area contributed by atoms with Crippen molar-refractivity contribution in [2.75, 3.05) is 0 Å². The fraction of sp³-hybridized carbons (Fsp3) is 0.154. The molecule has 0 unspecified atom stereocenters. The Hall–Kier alpha value is -1.75. The lowest BCUT2D eigenvalue weighted by atomic mass is 10.1. The molecular weight excluding hydrogens is 255 g/mol. The second kappa shape index (κ2) is 5.73. The van der Waals surface area contributed by atoms with E-state index in [1.165, 1.54) is 23.9 Å². The summed E-state index contributed by atoms with van der Waals surface area (Å²) in [4.78, 5) is 10.6. The lowest BCUT2D eigenvalue weighted by molar-refractivity contribution is 0.0696. The van der Waals surface area contributed by atoms with E-state index in [1.807, 2.05) is 6.07 Å². The minimum absolute atomic E-state index is 0.0349. The Kier molecular flexibility index (Phi) is 4.04. The van der Waals surface area contributed by atoms with Crippen LogP contribution in [0.1, 0.15) is 21.7 Å². The van der Waals surface area contributed by atoms with Crippen LogP contribution in [0, 0.1) is 5.82 Å². The van der Waals surface area contributed by atoms with Crippen molar-refractivity contribution >= 4 is 17.7 Å². The van der Waals surface area contributed by atoms with Crippen molar-refractivity contribution in [2.45, 2.75) is 11.5 Å². The van der Waals surface area contributed by atoms with Gasteiger partial charge in [-0.3, -0.25) is 0 Å². The number of rotatable bonds is 5. The summed E-state index contributed by atoms with van der Waals surface area (Å²) in [5.41, 5.74) is 0.462. The minimum atomic E-state index is -1.12. The molecular formula is C13H11FO3S. The summed E-state index contributed by atoms with van der Waals surface area (Å²) in [5, 5.41) is 8.72. The summed E-state index contributed by atoms with van der Waals surface area (Å²) < 4.78 is 18.7. The van der Waals surface area contributed by atoms with Gasteiger partial charge in [0, 0.05) is 5.75 Å². The molecule has 0 spiro atoms. The highest BCUT2D eigenvalue weighted by molar-refractivity contribution is 7.97. The van der Waals surface area contributed by atoms with Crippen LogP contribution in [0.4, 0.5) is 4.39 Å². The standard InChI is InChI=1S/C13H11FO3S/c14-12-6-9(13(15)16)3-4-10(12)7-18-8-11-2-1-5-17-11/h1-6H,7-8H2,(H,15,16). The normalized spacial score (nSPS) is 10.5. The van der Waals surface area contributed by atoms with Crippen molar-refractivity contribution in [1.82, 2.24) is 0 Å². The lowest BCUT2D eigenvalue weighted by Gasteiger charge is -2.03. The van der Waals surface area contributed by atoms with E-state index in [4.69, 9.17) is 9.52 Å². The molecule has 0 atom stereocenters. The largest absolute Gasteiger partial charge is 0.478 e. The van der Waals surface area contributed by atoms with Crippen LogP contribution in [-0.2, 0) is 11.5 Å². The molecule has 0 amide bonds. The van der Waals surface area contributed by atoms with Gasteiger partial charge in [0.05, 0.1) is 17.6 Å². The molecule has 1 aromatic heterocycles. The molecule has 0 radical (unpaired) electrons. The van der Waals surface area contributed by atoms with Crippen molar-refractivity contribution in [3.8, 4) is 0 Å². The van der Waals surface area contributed by atoms with E-state index in [1.54, 1.807) is 12.3 Å². The molecule has 5 heteroatoms. The number of aromatic carboxylic acids is 1. The van der Waals surface area contributed by atoms with Gasteiger partial charge in [0.25, 0.3) is 0 Å². The fourth-order valence-electron chi connectivity index (χ4n) is 1.45. The van der Waals surface area contributed by atoms with Crippen LogP contribution in [0.15, 0.2) is 41.0 Å². The van der Waals surface area contributed by atoms with E-state index in [0.29, 0.717) is 17.1 Å². The first kappa shape index (κ1) is 12.7. The van der Waals surface area contributed by atoms with E-state index in [0.717, 1.165) is 11.8 Å². The Balaban J connectivity index is 1.95. The van der Waals surface area contributed by atoms with Gasteiger partial charge in [0.2, 0.25) is 0 Å². The molecule has 0 saturated carbocycles. The molecule has 0 saturated heterocycles. The van der Waals surface area contributed by atoms with Gasteiger partial charge in [-0.15, -0.1) is 11.8 Å². The SMILES string of the molecule is O=C(O)c1ccc(CSCc2ccco2)c(F)c1. The van der Waals surface area contributed by atoms with Crippen LogP contribution in [-0.4, -0.2) is 11.1 Å². The highest BCUT2D eigenvalue weighted by Gasteiger charge is 2.08. The number of thioether (sulfide) groups is 1. The van der Waals surface area contributed by atoms with Gasteiger partial charge in [-0.25, -0.2) is 9.18 Å². The van der Waals surface area contributed by atoms with Gasteiger partial charge in [0.1, 0.15) is 11.6 Å². The van der Waals surface area contributed by atoms with Crippen LogP contribution < -0.4 is 0 Å². The third-order valence-electron chi connectivity index (χ3n) is 2.38. The van der Waals surface area contributed by atoms with Gasteiger partial charge < -0.3 is 9.52 Å². The highest BCUT2D eigenvalue weighted by Crippen LogP contribution is 2.20. The van der Waals surface area contributed by atoms with E-state index in [-0.39, 0.29) is 5.56 Å². The molecule has 0 aliphatic heterocycles. The number of hydrogen-bond acceptors (Lipinski definition) is 3. The predicted octanol–water partition coefficient (Wildman–Crippen LogP) is 3.55. The number of carboxylic acid groups (broad SMARTS) is 1. The van der Waals surface area contributed by atoms with Crippen molar-refractivity contribution in [3.63, 3.8) is 0 Å². The Morgan fingerprint density at radius 2 is 2.17 bits per heavy atom. The molecule has 0 fully saturated rings. The number of benzene rings is 1. The van der Waals surface area contributed by atoms with Crippen LogP contribution in [0.25, 0.3) is 0 Å². The maximum absolute atomic E-state index is 13.6. The van der Waals surface area contributed by atoms with Crippen LogP contribution in [0.5, 0.6) is 0 Å². The summed E-state index contributed by atoms with van der Waals surface area (Å²) in [6.07, 6.45) is 1.60. The average Bonchev–Trinajstić information content (AvgIpc) is 2.84. The third kappa shape index (κ3) is 3.13. The molecule has 0 aliphatic rings. The number of halogens is 1. The summed E-state index contributed by atoms with van der Waals surface area (Å²) >= 11 is 1.51.